The second-order valence-electron chi connectivity index (χ2n) is 5.42. The molecule has 8 heteroatoms. The van der Waals surface area contributed by atoms with E-state index in [1.165, 1.54) is 31.2 Å². The zero-order valence-corrected chi connectivity index (χ0v) is 14.8. The molecule has 2 rings (SSSR count). The monoisotopic (exact) mass is 383 g/mol. The summed E-state index contributed by atoms with van der Waals surface area (Å²) in [7, 11) is 0. The Morgan fingerprint density at radius 1 is 1.08 bits per heavy atom. The normalized spacial score (nSPS) is 12.3. The van der Waals surface area contributed by atoms with Crippen LogP contribution in [0, 0.1) is 6.92 Å². The maximum absolute atomic E-state index is 12.3. The smallest absolute Gasteiger partial charge is 0.446 e. The Kier molecular flexibility index (Phi) is 6.31. The predicted octanol–water partition coefficient (Wildman–Crippen LogP) is 4.79. The Morgan fingerprint density at radius 3 is 2.27 bits per heavy atom. The minimum absolute atomic E-state index is 0.0422. The maximum Gasteiger partial charge on any atom is 0.446 e. The van der Waals surface area contributed by atoms with Gasteiger partial charge in [0, 0.05) is 10.6 Å². The van der Waals surface area contributed by atoms with Crippen LogP contribution < -0.4 is 5.32 Å². The molecule has 1 amide bonds. The predicted molar refractivity (Wildman–Crippen MR) is 93.0 cm³/mol. The van der Waals surface area contributed by atoms with Gasteiger partial charge < -0.3 is 10.1 Å². The van der Waals surface area contributed by atoms with E-state index in [-0.39, 0.29) is 22.2 Å². The first kappa shape index (κ1) is 19.8. The van der Waals surface area contributed by atoms with Crippen molar-refractivity contribution in [1.82, 2.24) is 0 Å². The van der Waals surface area contributed by atoms with Crippen molar-refractivity contribution in [3.8, 4) is 0 Å². The van der Waals surface area contributed by atoms with E-state index in [1.54, 1.807) is 12.1 Å². The first-order valence-electron chi connectivity index (χ1n) is 7.59. The van der Waals surface area contributed by atoms with E-state index in [4.69, 9.17) is 4.74 Å². The fraction of sp³-hybridized carbons (Fsp3) is 0.222. The molecule has 26 heavy (non-hydrogen) atoms. The molecule has 0 saturated carbocycles. The van der Waals surface area contributed by atoms with Crippen molar-refractivity contribution in [3.05, 3.63) is 59.7 Å². The molecule has 0 spiro atoms. The van der Waals surface area contributed by atoms with Crippen LogP contribution in [0.1, 0.15) is 22.8 Å². The van der Waals surface area contributed by atoms with Gasteiger partial charge in [0.15, 0.2) is 6.10 Å². The lowest BCUT2D eigenvalue weighted by atomic mass is 10.2. The summed E-state index contributed by atoms with van der Waals surface area (Å²) in [5.41, 5.74) is -2.87. The summed E-state index contributed by atoms with van der Waals surface area (Å²) in [6.07, 6.45) is -1.06. The number of thioether (sulfide) groups is 1. The van der Waals surface area contributed by atoms with Gasteiger partial charge >= 0.3 is 11.5 Å². The van der Waals surface area contributed by atoms with E-state index in [9.17, 15) is 22.8 Å². The fourth-order valence-electron chi connectivity index (χ4n) is 2.02. The summed E-state index contributed by atoms with van der Waals surface area (Å²) >= 11 is -0.274. The molecule has 4 nitrogen and oxygen atoms in total. The van der Waals surface area contributed by atoms with Crippen molar-refractivity contribution in [3.63, 3.8) is 0 Å². The highest BCUT2D eigenvalue weighted by atomic mass is 32.2. The van der Waals surface area contributed by atoms with E-state index in [2.05, 4.69) is 5.32 Å². The number of para-hydroxylation sites is 1. The molecule has 0 aliphatic heterocycles. The topological polar surface area (TPSA) is 55.4 Å². The molecule has 2 aromatic rings. The van der Waals surface area contributed by atoms with Gasteiger partial charge in [0.05, 0.1) is 5.56 Å². The SMILES string of the molecule is Cc1ccccc1NC(=O)C(C)OC(=O)c1ccc(SC(F)(F)F)cc1. The maximum atomic E-state index is 12.3. The van der Waals surface area contributed by atoms with Gasteiger partial charge in [0.25, 0.3) is 5.91 Å². The van der Waals surface area contributed by atoms with E-state index >= 15 is 0 Å². The van der Waals surface area contributed by atoms with Crippen LogP contribution >= 0.6 is 11.8 Å². The summed E-state index contributed by atoms with van der Waals surface area (Å²) in [6.45, 7) is 3.24. The molecule has 0 aliphatic rings. The lowest BCUT2D eigenvalue weighted by molar-refractivity contribution is -0.123. The summed E-state index contributed by atoms with van der Waals surface area (Å²) in [4.78, 5) is 24.1. The quantitative estimate of drug-likeness (QED) is 0.596. The van der Waals surface area contributed by atoms with Crippen LogP contribution in [-0.4, -0.2) is 23.5 Å². The van der Waals surface area contributed by atoms with Crippen LogP contribution in [-0.2, 0) is 9.53 Å². The van der Waals surface area contributed by atoms with Crippen LogP contribution in [0.5, 0.6) is 0 Å². The summed E-state index contributed by atoms with van der Waals surface area (Å²) in [5, 5.41) is 2.66. The number of halogens is 3. The number of carbonyl (C=O) groups excluding carboxylic acids is 2. The third kappa shape index (κ3) is 5.80. The van der Waals surface area contributed by atoms with Crippen LogP contribution in [0.2, 0.25) is 0 Å². The highest BCUT2D eigenvalue weighted by molar-refractivity contribution is 8.00. The van der Waals surface area contributed by atoms with Gasteiger partial charge in [-0.1, -0.05) is 18.2 Å². The molecule has 138 valence electrons. The molecule has 0 heterocycles. The van der Waals surface area contributed by atoms with Gasteiger partial charge in [0.1, 0.15) is 0 Å². The largest absolute Gasteiger partial charge is 0.449 e. The summed E-state index contributed by atoms with van der Waals surface area (Å²) in [6, 6.07) is 11.9. The number of aryl methyl sites for hydroxylation is 1. The fourth-order valence-corrected chi connectivity index (χ4v) is 2.56. The van der Waals surface area contributed by atoms with Crippen LogP contribution in [0.25, 0.3) is 0 Å². The molecule has 0 fully saturated rings. The van der Waals surface area contributed by atoms with Gasteiger partial charge in [-0.25, -0.2) is 4.79 Å². The zero-order chi connectivity index (χ0) is 19.3. The second kappa shape index (κ2) is 8.27. The standard InChI is InChI=1S/C18H16F3NO3S/c1-11-5-3-4-6-15(11)22-16(23)12(2)25-17(24)13-7-9-14(10-8-13)26-18(19,20)21/h3-10,12H,1-2H3,(H,22,23). The summed E-state index contributed by atoms with van der Waals surface area (Å²) < 4.78 is 42.0. The number of esters is 1. The molecule has 0 bridgehead atoms. The first-order valence-corrected chi connectivity index (χ1v) is 8.40. The van der Waals surface area contributed by atoms with Crippen molar-refractivity contribution >= 4 is 29.3 Å². The van der Waals surface area contributed by atoms with E-state index in [0.29, 0.717) is 5.69 Å². The van der Waals surface area contributed by atoms with Crippen molar-refractivity contribution < 1.29 is 27.5 Å². The van der Waals surface area contributed by atoms with Crippen molar-refractivity contribution in [2.24, 2.45) is 0 Å². The Balaban J connectivity index is 1.96. The minimum Gasteiger partial charge on any atom is -0.449 e. The molecule has 0 aliphatic carbocycles. The van der Waals surface area contributed by atoms with Gasteiger partial charge in [-0.05, 0) is 61.5 Å². The molecule has 1 N–H and O–H groups in total. The van der Waals surface area contributed by atoms with E-state index in [0.717, 1.165) is 5.56 Å². The Hall–Kier alpha value is -2.48. The number of anilines is 1. The number of carbonyl (C=O) groups is 2. The molecule has 2 aromatic carbocycles. The van der Waals surface area contributed by atoms with E-state index < -0.39 is 23.5 Å². The number of ether oxygens (including phenoxy) is 1. The number of nitrogens with one attached hydrogen (secondary N) is 1. The van der Waals surface area contributed by atoms with Crippen molar-refractivity contribution in [2.75, 3.05) is 5.32 Å². The van der Waals surface area contributed by atoms with Crippen LogP contribution in [0.3, 0.4) is 0 Å². The Bertz CT molecular complexity index is 791. The van der Waals surface area contributed by atoms with Crippen LogP contribution in [0.4, 0.5) is 18.9 Å². The molecule has 0 saturated heterocycles. The van der Waals surface area contributed by atoms with Gasteiger partial charge in [-0.3, -0.25) is 4.79 Å². The zero-order valence-electron chi connectivity index (χ0n) is 14.0. The highest BCUT2D eigenvalue weighted by Gasteiger charge is 2.29. The number of hydrogen-bond acceptors (Lipinski definition) is 4. The third-order valence-electron chi connectivity index (χ3n) is 3.38. The molecular weight excluding hydrogens is 367 g/mol. The number of hydrogen-bond donors (Lipinski definition) is 1. The van der Waals surface area contributed by atoms with Gasteiger partial charge in [0.2, 0.25) is 0 Å². The molecule has 0 radical (unpaired) electrons. The van der Waals surface area contributed by atoms with Crippen LogP contribution in [0.15, 0.2) is 53.4 Å². The van der Waals surface area contributed by atoms with E-state index in [1.807, 2.05) is 19.1 Å². The third-order valence-corrected chi connectivity index (χ3v) is 4.12. The van der Waals surface area contributed by atoms with Crippen molar-refractivity contribution in [1.29, 1.82) is 0 Å². The minimum atomic E-state index is -4.40. The highest BCUT2D eigenvalue weighted by Crippen LogP contribution is 2.36. The molecule has 0 aromatic heterocycles. The Morgan fingerprint density at radius 2 is 1.69 bits per heavy atom. The molecule has 1 unspecified atom stereocenters. The molecule has 1 atom stereocenters. The average molecular weight is 383 g/mol. The Labute approximate surface area is 152 Å². The number of alkyl halides is 3. The average Bonchev–Trinajstić information content (AvgIpc) is 2.56. The number of amides is 1. The lowest BCUT2D eigenvalue weighted by Gasteiger charge is -2.15. The van der Waals surface area contributed by atoms with Crippen molar-refractivity contribution in [2.45, 2.75) is 30.4 Å². The summed E-state index contributed by atoms with van der Waals surface area (Å²) in [5.74, 6) is -1.29. The number of benzene rings is 2. The first-order chi connectivity index (χ1) is 12.2. The second-order valence-corrected chi connectivity index (χ2v) is 6.56. The lowest BCUT2D eigenvalue weighted by Crippen LogP contribution is -2.30. The molecular formula is C18H16F3NO3S. The van der Waals surface area contributed by atoms with Gasteiger partial charge in [-0.15, -0.1) is 0 Å². The number of rotatable bonds is 5. The van der Waals surface area contributed by atoms with Gasteiger partial charge in [-0.2, -0.15) is 13.2 Å².